The molecular formula is C24H27NO2. The fourth-order valence-electron chi connectivity index (χ4n) is 4.48. The summed E-state index contributed by atoms with van der Waals surface area (Å²) in [7, 11) is 1.73. The first-order valence-corrected chi connectivity index (χ1v) is 9.49. The van der Waals surface area contributed by atoms with E-state index in [1.807, 2.05) is 12.1 Å². The number of ether oxygens (including phenoxy) is 2. The van der Waals surface area contributed by atoms with Gasteiger partial charge in [0.15, 0.2) is 0 Å². The summed E-state index contributed by atoms with van der Waals surface area (Å²) in [5.74, 6) is 0.926. The van der Waals surface area contributed by atoms with Gasteiger partial charge in [-0.2, -0.15) is 0 Å². The Morgan fingerprint density at radius 1 is 1.22 bits per heavy atom. The molecule has 1 atom stereocenters. The summed E-state index contributed by atoms with van der Waals surface area (Å²) in [6.07, 6.45) is 4.98. The lowest BCUT2D eigenvalue weighted by Crippen LogP contribution is -2.32. The second kappa shape index (κ2) is 6.58. The molecule has 0 saturated heterocycles. The summed E-state index contributed by atoms with van der Waals surface area (Å²) in [5.41, 5.74) is 8.45. The molecule has 1 unspecified atom stereocenters. The fourth-order valence-corrected chi connectivity index (χ4v) is 4.48. The van der Waals surface area contributed by atoms with Crippen molar-refractivity contribution >= 4 is 11.3 Å². The van der Waals surface area contributed by atoms with Crippen molar-refractivity contribution in [1.82, 2.24) is 0 Å². The molecule has 0 aliphatic carbocycles. The molecule has 2 aromatic carbocycles. The molecule has 2 heterocycles. The van der Waals surface area contributed by atoms with Crippen LogP contribution in [0.4, 0.5) is 5.69 Å². The first-order valence-electron chi connectivity index (χ1n) is 9.49. The predicted octanol–water partition coefficient (Wildman–Crippen LogP) is 6.12. The molecule has 2 aromatic rings. The first kappa shape index (κ1) is 17.9. The van der Waals surface area contributed by atoms with E-state index in [1.165, 1.54) is 28.0 Å². The molecule has 3 heteroatoms. The summed E-state index contributed by atoms with van der Waals surface area (Å²) >= 11 is 0. The molecular weight excluding hydrogens is 334 g/mol. The predicted molar refractivity (Wildman–Crippen MR) is 112 cm³/mol. The number of methoxy groups -OCH3 is 1. The molecule has 2 aliphatic heterocycles. The Labute approximate surface area is 161 Å². The van der Waals surface area contributed by atoms with Crippen LogP contribution < -0.4 is 10.1 Å². The van der Waals surface area contributed by atoms with E-state index in [9.17, 15) is 0 Å². The van der Waals surface area contributed by atoms with Gasteiger partial charge in [-0.25, -0.2) is 0 Å². The van der Waals surface area contributed by atoms with Crippen LogP contribution in [0, 0.1) is 0 Å². The summed E-state index contributed by atoms with van der Waals surface area (Å²) in [5, 5.41) is 3.66. The highest BCUT2D eigenvalue weighted by Gasteiger charge is 2.33. The zero-order valence-corrected chi connectivity index (χ0v) is 16.6. The molecule has 0 aromatic heterocycles. The molecule has 2 aliphatic rings. The molecule has 0 saturated carbocycles. The third-order valence-electron chi connectivity index (χ3n) is 5.33. The van der Waals surface area contributed by atoms with Gasteiger partial charge in [-0.15, -0.1) is 6.58 Å². The van der Waals surface area contributed by atoms with E-state index < -0.39 is 0 Å². The Morgan fingerprint density at radius 2 is 2.04 bits per heavy atom. The van der Waals surface area contributed by atoms with Gasteiger partial charge in [0.05, 0.1) is 12.1 Å². The molecule has 0 radical (unpaired) electrons. The molecule has 140 valence electrons. The van der Waals surface area contributed by atoms with Crippen molar-refractivity contribution in [3.05, 3.63) is 65.8 Å². The van der Waals surface area contributed by atoms with E-state index in [0.717, 1.165) is 23.3 Å². The van der Waals surface area contributed by atoms with Crippen LogP contribution >= 0.6 is 0 Å². The van der Waals surface area contributed by atoms with Crippen molar-refractivity contribution in [1.29, 1.82) is 0 Å². The number of fused-ring (bicyclic) bond motifs is 5. The van der Waals surface area contributed by atoms with Crippen LogP contribution in [0.2, 0.25) is 0 Å². The highest BCUT2D eigenvalue weighted by Crippen LogP contribution is 2.50. The zero-order valence-electron chi connectivity index (χ0n) is 16.6. The SMILES string of the molecule is C=CCC1Oc2cccc(COC)c2-c2ccc3c(c21)C(C)=CC(C)(C)N3. The highest BCUT2D eigenvalue weighted by atomic mass is 16.5. The zero-order chi connectivity index (χ0) is 19.2. The lowest BCUT2D eigenvalue weighted by atomic mass is 9.80. The summed E-state index contributed by atoms with van der Waals surface area (Å²) in [4.78, 5) is 0. The van der Waals surface area contributed by atoms with E-state index in [1.54, 1.807) is 7.11 Å². The molecule has 0 amide bonds. The van der Waals surface area contributed by atoms with E-state index in [2.05, 4.69) is 63.0 Å². The Balaban J connectivity index is 2.00. The molecule has 1 N–H and O–H groups in total. The lowest BCUT2D eigenvalue weighted by Gasteiger charge is -2.37. The van der Waals surface area contributed by atoms with Gasteiger partial charge in [-0.3, -0.25) is 0 Å². The van der Waals surface area contributed by atoms with Crippen LogP contribution in [-0.2, 0) is 11.3 Å². The van der Waals surface area contributed by atoms with Crippen LogP contribution in [0.1, 0.15) is 50.0 Å². The fraction of sp³-hybridized carbons (Fsp3) is 0.333. The van der Waals surface area contributed by atoms with Gasteiger partial charge < -0.3 is 14.8 Å². The molecule has 0 bridgehead atoms. The number of hydrogen-bond donors (Lipinski definition) is 1. The minimum Gasteiger partial charge on any atom is -0.485 e. The average molecular weight is 361 g/mol. The maximum absolute atomic E-state index is 6.47. The van der Waals surface area contributed by atoms with Crippen molar-refractivity contribution in [3.63, 3.8) is 0 Å². The van der Waals surface area contributed by atoms with E-state index in [-0.39, 0.29) is 11.6 Å². The van der Waals surface area contributed by atoms with Crippen LogP contribution in [0.25, 0.3) is 16.7 Å². The van der Waals surface area contributed by atoms with Gasteiger partial charge in [-0.05, 0) is 49.6 Å². The van der Waals surface area contributed by atoms with E-state index in [4.69, 9.17) is 9.47 Å². The number of benzene rings is 2. The molecule has 4 rings (SSSR count). The topological polar surface area (TPSA) is 30.5 Å². The van der Waals surface area contributed by atoms with Gasteiger partial charge in [0.1, 0.15) is 11.9 Å². The number of rotatable bonds is 4. The van der Waals surface area contributed by atoms with Crippen molar-refractivity contribution < 1.29 is 9.47 Å². The Kier molecular flexibility index (Phi) is 4.35. The summed E-state index contributed by atoms with van der Waals surface area (Å²) < 4.78 is 11.9. The van der Waals surface area contributed by atoms with Crippen molar-refractivity contribution in [2.45, 2.75) is 45.4 Å². The number of anilines is 1. The standard InChI is InChI=1S/C24H27NO2/c1-6-8-19-23-17(22-16(14-26-5)9-7-10-20(22)27-19)11-12-18-21(23)15(2)13-24(3,4)25-18/h6-7,9-13,19,25H,1,8,14H2,2-5H3. The Morgan fingerprint density at radius 3 is 2.78 bits per heavy atom. The van der Waals surface area contributed by atoms with Crippen LogP contribution in [0.3, 0.4) is 0 Å². The number of nitrogens with one attached hydrogen (secondary N) is 1. The monoisotopic (exact) mass is 361 g/mol. The van der Waals surface area contributed by atoms with E-state index >= 15 is 0 Å². The average Bonchev–Trinajstić information content (AvgIpc) is 2.60. The van der Waals surface area contributed by atoms with Gasteiger partial charge >= 0.3 is 0 Å². The second-order valence-electron chi connectivity index (χ2n) is 7.98. The molecule has 0 fully saturated rings. The second-order valence-corrected chi connectivity index (χ2v) is 7.98. The first-order chi connectivity index (χ1) is 12.9. The van der Waals surface area contributed by atoms with E-state index in [0.29, 0.717) is 6.61 Å². The largest absolute Gasteiger partial charge is 0.485 e. The van der Waals surface area contributed by atoms with Gasteiger partial charge in [0.2, 0.25) is 0 Å². The van der Waals surface area contributed by atoms with Gasteiger partial charge in [0.25, 0.3) is 0 Å². The van der Waals surface area contributed by atoms with Crippen molar-refractivity contribution in [2.75, 3.05) is 12.4 Å². The smallest absolute Gasteiger partial charge is 0.128 e. The van der Waals surface area contributed by atoms with Gasteiger partial charge in [0, 0.05) is 35.9 Å². The normalized spacial score (nSPS) is 19.0. The lowest BCUT2D eigenvalue weighted by molar-refractivity contribution is 0.182. The van der Waals surface area contributed by atoms with Crippen molar-refractivity contribution in [2.24, 2.45) is 0 Å². The van der Waals surface area contributed by atoms with Crippen molar-refractivity contribution in [3.8, 4) is 16.9 Å². The van der Waals surface area contributed by atoms with Crippen LogP contribution in [0.5, 0.6) is 5.75 Å². The maximum atomic E-state index is 6.47. The summed E-state index contributed by atoms with van der Waals surface area (Å²) in [6.45, 7) is 11.1. The van der Waals surface area contributed by atoms with Gasteiger partial charge in [-0.1, -0.05) is 30.4 Å². The molecule has 27 heavy (non-hydrogen) atoms. The Hall–Kier alpha value is -2.52. The quantitative estimate of drug-likeness (QED) is 0.666. The highest BCUT2D eigenvalue weighted by molar-refractivity contribution is 5.90. The van der Waals surface area contributed by atoms with Crippen LogP contribution in [0.15, 0.2) is 49.1 Å². The van der Waals surface area contributed by atoms with Crippen LogP contribution in [-0.4, -0.2) is 12.6 Å². The summed E-state index contributed by atoms with van der Waals surface area (Å²) in [6, 6.07) is 10.6. The Bertz CT molecular complexity index is 940. The molecule has 0 spiro atoms. The number of allylic oxidation sites excluding steroid dienone is 1. The third kappa shape index (κ3) is 2.96. The molecule has 3 nitrogen and oxygen atoms in total. The third-order valence-corrected chi connectivity index (χ3v) is 5.33. The minimum atomic E-state index is -0.0616. The minimum absolute atomic E-state index is 0.0379. The maximum Gasteiger partial charge on any atom is 0.128 e. The number of hydrogen-bond acceptors (Lipinski definition) is 3.